The molecule has 0 bridgehead atoms. The minimum Gasteiger partial charge on any atom is -0.350 e. The average molecular weight is 368 g/mol. The second-order valence-corrected chi connectivity index (χ2v) is 9.50. The topological polar surface area (TPSA) is 54.3 Å². The van der Waals surface area contributed by atoms with Gasteiger partial charge in [-0.05, 0) is 48.4 Å². The van der Waals surface area contributed by atoms with Gasteiger partial charge >= 0.3 is 0 Å². The van der Waals surface area contributed by atoms with Crippen LogP contribution in [0.15, 0.2) is 29.8 Å². The Morgan fingerprint density at radius 3 is 2.88 bits per heavy atom. The minimum absolute atomic E-state index is 0.438. The van der Waals surface area contributed by atoms with Crippen LogP contribution in [0, 0.1) is 12.8 Å². The van der Waals surface area contributed by atoms with Gasteiger partial charge in [0.2, 0.25) is 10.0 Å². The van der Waals surface area contributed by atoms with E-state index < -0.39 is 10.0 Å². The van der Waals surface area contributed by atoms with Crippen molar-refractivity contribution >= 4 is 21.4 Å². The summed E-state index contributed by atoms with van der Waals surface area (Å²) in [6.45, 7) is 6.52. The summed E-state index contributed by atoms with van der Waals surface area (Å²) in [5.41, 5.74) is 2.69. The molecular weight excluding hydrogens is 342 g/mol. The molecule has 1 aliphatic rings. The quantitative estimate of drug-likeness (QED) is 0.853. The van der Waals surface area contributed by atoms with Crippen LogP contribution in [0.1, 0.15) is 22.6 Å². The maximum atomic E-state index is 11.3. The summed E-state index contributed by atoms with van der Waals surface area (Å²) >= 11 is 1.82. The Morgan fingerprint density at radius 1 is 1.33 bits per heavy atom. The number of nitrogens with zero attached hydrogens (tertiary/aromatic N) is 2. The van der Waals surface area contributed by atoms with E-state index in [1.807, 2.05) is 11.3 Å². The van der Waals surface area contributed by atoms with E-state index in [2.05, 4.69) is 50.9 Å². The molecule has 5 nitrogen and oxygen atoms in total. The third-order valence-electron chi connectivity index (χ3n) is 4.53. The lowest BCUT2D eigenvalue weighted by Gasteiger charge is -2.24. The van der Waals surface area contributed by atoms with E-state index in [0.29, 0.717) is 12.5 Å². The number of aryl methyl sites for hydroxylation is 1. The summed E-state index contributed by atoms with van der Waals surface area (Å²) in [6, 6.07) is 6.46. The Morgan fingerprint density at radius 2 is 2.17 bits per heavy atom. The zero-order valence-electron chi connectivity index (χ0n) is 14.2. The second kappa shape index (κ2) is 7.39. The predicted molar refractivity (Wildman–Crippen MR) is 98.6 cm³/mol. The van der Waals surface area contributed by atoms with Crippen LogP contribution >= 0.6 is 11.3 Å². The lowest BCUT2D eigenvalue weighted by atomic mass is 10.1. The molecule has 132 valence electrons. The fraction of sp³-hybridized carbons (Fsp3) is 0.529. The number of sulfonamides is 1. The van der Waals surface area contributed by atoms with Gasteiger partial charge in [0.15, 0.2) is 0 Å². The highest BCUT2D eigenvalue weighted by atomic mass is 32.2. The normalized spacial score (nSPS) is 19.2. The molecule has 1 atom stereocenters. The van der Waals surface area contributed by atoms with Crippen molar-refractivity contribution in [3.05, 3.63) is 45.9 Å². The largest absolute Gasteiger partial charge is 0.350 e. The van der Waals surface area contributed by atoms with Crippen molar-refractivity contribution in [2.45, 2.75) is 33.0 Å². The molecule has 0 fully saturated rings. The van der Waals surface area contributed by atoms with E-state index in [4.69, 9.17) is 0 Å². The third-order valence-corrected chi connectivity index (χ3v) is 6.27. The first-order valence-electron chi connectivity index (χ1n) is 8.25. The maximum Gasteiger partial charge on any atom is 0.208 e. The molecule has 0 radical (unpaired) electrons. The zero-order chi connectivity index (χ0) is 17.2. The summed E-state index contributed by atoms with van der Waals surface area (Å²) in [5.74, 6) is 0.438. The van der Waals surface area contributed by atoms with Crippen molar-refractivity contribution in [1.82, 2.24) is 14.2 Å². The van der Waals surface area contributed by atoms with Crippen molar-refractivity contribution in [3.8, 4) is 0 Å². The first-order valence-corrected chi connectivity index (χ1v) is 11.0. The van der Waals surface area contributed by atoms with Crippen LogP contribution in [-0.4, -0.2) is 37.2 Å². The lowest BCUT2D eigenvalue weighted by Crippen LogP contribution is -2.31. The Kier molecular flexibility index (Phi) is 5.44. The molecule has 1 N–H and O–H groups in total. The van der Waals surface area contributed by atoms with Crippen LogP contribution < -0.4 is 4.72 Å². The molecule has 0 spiro atoms. The molecule has 0 saturated heterocycles. The molecule has 0 aromatic carbocycles. The maximum absolute atomic E-state index is 11.3. The van der Waals surface area contributed by atoms with Gasteiger partial charge in [0.05, 0.1) is 6.26 Å². The first-order chi connectivity index (χ1) is 11.4. The van der Waals surface area contributed by atoms with E-state index >= 15 is 0 Å². The lowest BCUT2D eigenvalue weighted by molar-refractivity contribution is 0.217. The molecule has 2 aromatic rings. The first kappa shape index (κ1) is 17.7. The summed E-state index contributed by atoms with van der Waals surface area (Å²) in [4.78, 5) is 3.91. The van der Waals surface area contributed by atoms with Gasteiger partial charge in [-0.3, -0.25) is 4.90 Å². The minimum atomic E-state index is -3.11. The molecule has 0 saturated carbocycles. The van der Waals surface area contributed by atoms with Crippen LogP contribution in [-0.2, 0) is 29.7 Å². The molecule has 1 aliphatic heterocycles. The number of nitrogens with one attached hydrogen (secondary N) is 1. The Labute approximate surface area is 148 Å². The van der Waals surface area contributed by atoms with Gasteiger partial charge in [0.1, 0.15) is 0 Å². The Hall–Kier alpha value is -1.15. The number of thiophene rings is 1. The van der Waals surface area contributed by atoms with E-state index in [0.717, 1.165) is 32.6 Å². The summed E-state index contributed by atoms with van der Waals surface area (Å²) in [7, 11) is -3.11. The van der Waals surface area contributed by atoms with Crippen molar-refractivity contribution in [2.24, 2.45) is 5.92 Å². The number of aromatic nitrogens is 1. The highest BCUT2D eigenvalue weighted by molar-refractivity contribution is 7.88. The SMILES string of the molecule is Cc1ccsc1CN1Cc2cccn2C[C@H](CCNS(C)(=O)=O)C1. The highest BCUT2D eigenvalue weighted by Gasteiger charge is 2.22. The number of rotatable bonds is 6. The van der Waals surface area contributed by atoms with Gasteiger partial charge in [-0.2, -0.15) is 0 Å². The van der Waals surface area contributed by atoms with E-state index in [-0.39, 0.29) is 0 Å². The molecular formula is C17H25N3O2S2. The molecule has 2 aromatic heterocycles. The molecule has 24 heavy (non-hydrogen) atoms. The van der Waals surface area contributed by atoms with E-state index in [1.54, 1.807) is 0 Å². The Bertz CT molecular complexity index is 779. The van der Waals surface area contributed by atoms with Crippen molar-refractivity contribution in [2.75, 3.05) is 19.3 Å². The monoisotopic (exact) mass is 367 g/mol. The highest BCUT2D eigenvalue weighted by Crippen LogP contribution is 2.24. The molecule has 0 unspecified atom stereocenters. The Balaban J connectivity index is 1.69. The van der Waals surface area contributed by atoms with Crippen molar-refractivity contribution in [1.29, 1.82) is 0 Å². The average Bonchev–Trinajstić information content (AvgIpc) is 3.04. The van der Waals surface area contributed by atoms with E-state index in [9.17, 15) is 8.42 Å². The number of fused-ring (bicyclic) bond motifs is 1. The second-order valence-electron chi connectivity index (χ2n) is 6.67. The molecule has 3 heterocycles. The van der Waals surface area contributed by atoms with E-state index in [1.165, 1.54) is 22.4 Å². The molecule has 0 amide bonds. The fourth-order valence-electron chi connectivity index (χ4n) is 3.29. The van der Waals surface area contributed by atoms with Crippen LogP contribution in [0.5, 0.6) is 0 Å². The fourth-order valence-corrected chi connectivity index (χ4v) is 4.72. The van der Waals surface area contributed by atoms with Crippen LogP contribution in [0.3, 0.4) is 0 Å². The molecule has 0 aliphatic carbocycles. The molecule has 3 rings (SSSR count). The van der Waals surface area contributed by atoms with Crippen LogP contribution in [0.4, 0.5) is 0 Å². The van der Waals surface area contributed by atoms with Crippen LogP contribution in [0.2, 0.25) is 0 Å². The summed E-state index contributed by atoms with van der Waals surface area (Å²) in [5, 5.41) is 2.15. The number of hydrogen-bond donors (Lipinski definition) is 1. The smallest absolute Gasteiger partial charge is 0.208 e. The standard InChI is InChI=1S/C17H25N3O2S2/c1-14-6-9-23-17(14)13-19-10-15(5-7-18-24(2,21)22)11-20-8-3-4-16(20)12-19/h3-4,6,8-9,15,18H,5,7,10-13H2,1-2H3/t15-/m1/s1. The number of hydrogen-bond acceptors (Lipinski definition) is 4. The van der Waals surface area contributed by atoms with Gasteiger partial charge in [0, 0.05) is 49.5 Å². The molecule has 7 heteroatoms. The van der Waals surface area contributed by atoms with Gasteiger partial charge in [-0.1, -0.05) is 0 Å². The van der Waals surface area contributed by atoms with Crippen LogP contribution in [0.25, 0.3) is 0 Å². The van der Waals surface area contributed by atoms with Gasteiger partial charge in [-0.15, -0.1) is 11.3 Å². The van der Waals surface area contributed by atoms with Gasteiger partial charge in [-0.25, -0.2) is 13.1 Å². The van der Waals surface area contributed by atoms with Crippen molar-refractivity contribution < 1.29 is 8.42 Å². The third kappa shape index (κ3) is 4.69. The van der Waals surface area contributed by atoms with Crippen molar-refractivity contribution in [3.63, 3.8) is 0 Å². The summed E-state index contributed by atoms with van der Waals surface area (Å²) < 4.78 is 27.5. The zero-order valence-corrected chi connectivity index (χ0v) is 15.9. The predicted octanol–water partition coefficient (Wildman–Crippen LogP) is 2.43. The van der Waals surface area contributed by atoms with Gasteiger partial charge < -0.3 is 4.57 Å². The summed E-state index contributed by atoms with van der Waals surface area (Å²) in [6.07, 6.45) is 4.20. The van der Waals surface area contributed by atoms with Gasteiger partial charge in [0.25, 0.3) is 0 Å².